The molecule has 1 aliphatic rings. The average molecular weight is 391 g/mol. The highest BCUT2D eigenvalue weighted by Crippen LogP contribution is 2.29. The zero-order chi connectivity index (χ0) is 20.3. The summed E-state index contributed by atoms with van der Waals surface area (Å²) in [6.45, 7) is -0.312. The summed E-state index contributed by atoms with van der Waals surface area (Å²) >= 11 is 0. The molecule has 1 saturated heterocycles. The summed E-state index contributed by atoms with van der Waals surface area (Å²) in [6.07, 6.45) is -3.39. The van der Waals surface area contributed by atoms with Crippen molar-refractivity contribution in [2.45, 2.75) is 37.0 Å². The van der Waals surface area contributed by atoms with Gasteiger partial charge in [-0.05, 0) is 12.0 Å². The molecular weight excluding hydrogens is 370 g/mol. The van der Waals surface area contributed by atoms with E-state index in [0.717, 1.165) is 16.6 Å². The van der Waals surface area contributed by atoms with E-state index in [9.17, 15) is 19.8 Å². The van der Waals surface area contributed by atoms with E-state index in [-0.39, 0.29) is 12.4 Å². The molecule has 11 nitrogen and oxygen atoms in total. The Balaban J connectivity index is 1.55. The van der Waals surface area contributed by atoms with Crippen molar-refractivity contribution in [3.05, 3.63) is 48.0 Å². The predicted molar refractivity (Wildman–Crippen MR) is 93.5 cm³/mol. The van der Waals surface area contributed by atoms with Crippen molar-refractivity contribution in [2.75, 3.05) is 6.61 Å². The molecular formula is C17H21N5O6. The maximum Gasteiger partial charge on any atom is 0.323 e. The van der Waals surface area contributed by atoms with Gasteiger partial charge in [-0.25, -0.2) is 9.67 Å². The smallest absolute Gasteiger partial charge is 0.323 e. The van der Waals surface area contributed by atoms with Gasteiger partial charge in [0.2, 0.25) is 5.82 Å². The molecule has 11 heteroatoms. The van der Waals surface area contributed by atoms with Gasteiger partial charge in [-0.2, -0.15) is 0 Å². The van der Waals surface area contributed by atoms with Crippen molar-refractivity contribution in [1.82, 2.24) is 14.8 Å². The first-order valence-corrected chi connectivity index (χ1v) is 8.55. The van der Waals surface area contributed by atoms with Crippen molar-refractivity contribution >= 4 is 11.9 Å². The second kappa shape index (κ2) is 8.44. The van der Waals surface area contributed by atoms with Crippen molar-refractivity contribution < 1.29 is 29.3 Å². The molecule has 1 aromatic heterocycles. The number of nitrogens with zero attached hydrogens (tertiary/aromatic N) is 3. The van der Waals surface area contributed by atoms with Gasteiger partial charge < -0.3 is 31.2 Å². The Kier molecular flexibility index (Phi) is 5.99. The molecule has 3 rings (SSSR count). The minimum atomic E-state index is -1.37. The molecule has 2 heterocycles. The molecule has 0 bridgehead atoms. The molecule has 1 amide bonds. The fourth-order valence-electron chi connectivity index (χ4n) is 2.82. The van der Waals surface area contributed by atoms with E-state index < -0.39 is 42.5 Å². The number of esters is 1. The molecule has 1 aliphatic heterocycles. The topological polar surface area (TPSA) is 176 Å². The van der Waals surface area contributed by atoms with Gasteiger partial charge in [0, 0.05) is 0 Å². The number of amides is 1. The third kappa shape index (κ3) is 4.34. The molecule has 0 aliphatic carbocycles. The summed E-state index contributed by atoms with van der Waals surface area (Å²) in [5.41, 5.74) is 11.8. The van der Waals surface area contributed by atoms with Gasteiger partial charge in [0.05, 0.1) is 0 Å². The van der Waals surface area contributed by atoms with Crippen molar-refractivity contribution in [3.63, 3.8) is 0 Å². The molecule has 28 heavy (non-hydrogen) atoms. The highest BCUT2D eigenvalue weighted by molar-refractivity contribution is 5.88. The Morgan fingerprint density at radius 1 is 1.25 bits per heavy atom. The first-order valence-electron chi connectivity index (χ1n) is 8.55. The van der Waals surface area contributed by atoms with Crippen LogP contribution in [-0.2, 0) is 20.7 Å². The van der Waals surface area contributed by atoms with E-state index in [4.69, 9.17) is 20.9 Å². The summed E-state index contributed by atoms with van der Waals surface area (Å²) < 4.78 is 11.7. The van der Waals surface area contributed by atoms with E-state index in [1.807, 2.05) is 30.3 Å². The largest absolute Gasteiger partial charge is 0.462 e. The maximum absolute atomic E-state index is 12.1. The summed E-state index contributed by atoms with van der Waals surface area (Å²) in [6, 6.07) is 8.34. The zero-order valence-corrected chi connectivity index (χ0v) is 14.8. The molecule has 1 aromatic carbocycles. The van der Waals surface area contributed by atoms with Gasteiger partial charge in [0.15, 0.2) is 6.23 Å². The summed E-state index contributed by atoms with van der Waals surface area (Å²) in [7, 11) is 0. The number of aromatic nitrogens is 3. The van der Waals surface area contributed by atoms with Crippen LogP contribution in [0.1, 0.15) is 22.4 Å². The number of hydrogen-bond donors (Lipinski definition) is 4. The lowest BCUT2D eigenvalue weighted by molar-refractivity contribution is -0.151. The molecule has 0 unspecified atom stereocenters. The standard InChI is InChI=1S/C17H21N5O6/c18-10(6-9-4-2-1-3-5-9)17(26)27-7-11-12(23)13(24)16(28-11)22-8-20-15(21-22)14(19)25/h1-5,8,10-13,16,23-24H,6-7,18H2,(H2,19,25)/t10-,11+,12+,13+,16+/m0/s1. The fraction of sp³-hybridized carbons (Fsp3) is 0.412. The summed E-state index contributed by atoms with van der Waals surface area (Å²) in [4.78, 5) is 26.9. The first kappa shape index (κ1) is 19.9. The van der Waals surface area contributed by atoms with Crippen LogP contribution < -0.4 is 11.5 Å². The van der Waals surface area contributed by atoms with E-state index in [1.54, 1.807) is 0 Å². The number of nitrogens with two attached hydrogens (primary N) is 2. The van der Waals surface area contributed by atoms with Crippen LogP contribution in [0.5, 0.6) is 0 Å². The number of benzene rings is 1. The Morgan fingerprint density at radius 2 is 1.96 bits per heavy atom. The quantitative estimate of drug-likeness (QED) is 0.393. The number of carbonyl (C=O) groups excluding carboxylic acids is 2. The lowest BCUT2D eigenvalue weighted by Crippen LogP contribution is -2.38. The van der Waals surface area contributed by atoms with Crippen LogP contribution >= 0.6 is 0 Å². The molecule has 1 fully saturated rings. The minimum Gasteiger partial charge on any atom is -0.462 e. The van der Waals surface area contributed by atoms with Gasteiger partial charge >= 0.3 is 5.97 Å². The molecule has 0 spiro atoms. The molecule has 0 saturated carbocycles. The number of hydrogen-bond acceptors (Lipinski definition) is 9. The highest BCUT2D eigenvalue weighted by atomic mass is 16.6. The van der Waals surface area contributed by atoms with E-state index in [2.05, 4.69) is 10.1 Å². The SMILES string of the molecule is NC(=O)c1ncn([C@@H]2O[C@H](COC(=O)[C@@H](N)Cc3ccccc3)[C@@H](O)[C@H]2O)n1. The third-order valence-corrected chi connectivity index (χ3v) is 4.32. The normalized spacial score (nSPS) is 25.4. The summed E-state index contributed by atoms with van der Waals surface area (Å²) in [5.74, 6) is -1.76. The molecule has 0 radical (unpaired) electrons. The minimum absolute atomic E-state index is 0.257. The van der Waals surface area contributed by atoms with Crippen LogP contribution in [0, 0.1) is 0 Å². The lowest BCUT2D eigenvalue weighted by atomic mass is 10.1. The number of aliphatic hydroxyl groups excluding tert-OH is 2. The number of aliphatic hydroxyl groups is 2. The molecule has 6 N–H and O–H groups in total. The van der Waals surface area contributed by atoms with Crippen molar-refractivity contribution in [2.24, 2.45) is 11.5 Å². The number of primary amides is 1. The van der Waals surface area contributed by atoms with E-state index in [1.165, 1.54) is 0 Å². The maximum atomic E-state index is 12.1. The van der Waals surface area contributed by atoms with Gasteiger partial charge in [-0.3, -0.25) is 9.59 Å². The summed E-state index contributed by atoms with van der Waals surface area (Å²) in [5, 5.41) is 24.1. The van der Waals surface area contributed by atoms with Crippen LogP contribution in [0.4, 0.5) is 0 Å². The molecule has 5 atom stereocenters. The fourth-order valence-corrected chi connectivity index (χ4v) is 2.82. The van der Waals surface area contributed by atoms with Crippen molar-refractivity contribution in [1.29, 1.82) is 0 Å². The zero-order valence-electron chi connectivity index (χ0n) is 14.8. The van der Waals surface area contributed by atoms with E-state index in [0.29, 0.717) is 6.42 Å². The Labute approximate surface area is 159 Å². The third-order valence-electron chi connectivity index (χ3n) is 4.32. The van der Waals surface area contributed by atoms with Gasteiger partial charge in [0.1, 0.15) is 37.3 Å². The lowest BCUT2D eigenvalue weighted by Gasteiger charge is -2.16. The Hall–Kier alpha value is -2.86. The Morgan fingerprint density at radius 3 is 2.61 bits per heavy atom. The molecule has 150 valence electrons. The van der Waals surface area contributed by atoms with E-state index >= 15 is 0 Å². The first-order chi connectivity index (χ1) is 13.4. The average Bonchev–Trinajstić information content (AvgIpc) is 3.27. The van der Waals surface area contributed by atoms with Crippen LogP contribution in [0.3, 0.4) is 0 Å². The van der Waals surface area contributed by atoms with Crippen LogP contribution in [0.15, 0.2) is 36.7 Å². The van der Waals surface area contributed by atoms with Crippen LogP contribution in [0.25, 0.3) is 0 Å². The van der Waals surface area contributed by atoms with Gasteiger partial charge in [-0.1, -0.05) is 30.3 Å². The number of rotatable bonds is 7. The second-order valence-corrected chi connectivity index (χ2v) is 6.38. The monoisotopic (exact) mass is 391 g/mol. The molecule has 2 aromatic rings. The van der Waals surface area contributed by atoms with Crippen LogP contribution in [-0.4, -0.2) is 67.8 Å². The van der Waals surface area contributed by atoms with Gasteiger partial charge in [-0.15, -0.1) is 5.10 Å². The second-order valence-electron chi connectivity index (χ2n) is 6.38. The number of carbonyl (C=O) groups is 2. The van der Waals surface area contributed by atoms with Crippen molar-refractivity contribution in [3.8, 4) is 0 Å². The highest BCUT2D eigenvalue weighted by Gasteiger charge is 2.45. The van der Waals surface area contributed by atoms with Crippen LogP contribution in [0.2, 0.25) is 0 Å². The number of ether oxygens (including phenoxy) is 2. The van der Waals surface area contributed by atoms with Gasteiger partial charge in [0.25, 0.3) is 5.91 Å². The predicted octanol–water partition coefficient (Wildman–Crippen LogP) is -1.89. The Bertz CT molecular complexity index is 828.